The van der Waals surface area contributed by atoms with Gasteiger partial charge in [-0.2, -0.15) is 0 Å². The molecule has 0 radical (unpaired) electrons. The highest BCUT2D eigenvalue weighted by molar-refractivity contribution is 6.05. The van der Waals surface area contributed by atoms with Gasteiger partial charge in [0.15, 0.2) is 0 Å². The highest BCUT2D eigenvalue weighted by atomic mass is 16.6. The number of hydrogen-bond donors (Lipinski definition) is 0. The number of nitro groups is 1. The molecule has 1 saturated heterocycles. The van der Waals surface area contributed by atoms with Gasteiger partial charge < -0.3 is 18.9 Å². The highest BCUT2D eigenvalue weighted by Gasteiger charge is 2.26. The van der Waals surface area contributed by atoms with Crippen LogP contribution in [0.1, 0.15) is 36.0 Å². The zero-order valence-corrected chi connectivity index (χ0v) is 19.0. The van der Waals surface area contributed by atoms with Gasteiger partial charge in [-0.15, -0.1) is 0 Å². The third kappa shape index (κ3) is 4.75. The van der Waals surface area contributed by atoms with E-state index in [9.17, 15) is 14.9 Å². The standard InChI is InChI=1S/C25H28N4O5/c30-25(27-11-13-33-14-12-27)22-17-28(23-5-2-10-26-24(22)23)16-18-6-8-20(9-7-18)34-21-4-1-3-19(15-21)29(31)32/h1-5,10,15,17-18,20H,6-9,11-14,16H2. The minimum Gasteiger partial charge on any atom is -0.490 e. The Kier molecular flexibility index (Phi) is 6.44. The molecule has 1 aromatic carbocycles. The third-order valence-electron chi connectivity index (χ3n) is 6.74. The molecule has 0 N–H and O–H groups in total. The molecule has 0 spiro atoms. The number of pyridine rings is 1. The van der Waals surface area contributed by atoms with Crippen molar-refractivity contribution in [2.75, 3.05) is 26.3 Å². The van der Waals surface area contributed by atoms with Crippen LogP contribution in [0, 0.1) is 16.0 Å². The molecule has 3 heterocycles. The van der Waals surface area contributed by atoms with Gasteiger partial charge in [-0.05, 0) is 49.8 Å². The Morgan fingerprint density at radius 3 is 2.71 bits per heavy atom. The van der Waals surface area contributed by atoms with Crippen LogP contribution in [0.15, 0.2) is 48.8 Å². The van der Waals surface area contributed by atoms with E-state index in [4.69, 9.17) is 9.47 Å². The van der Waals surface area contributed by atoms with Gasteiger partial charge in [0.2, 0.25) is 0 Å². The minimum atomic E-state index is -0.405. The summed E-state index contributed by atoms with van der Waals surface area (Å²) in [7, 11) is 0. The van der Waals surface area contributed by atoms with Gasteiger partial charge >= 0.3 is 0 Å². The number of aromatic nitrogens is 2. The van der Waals surface area contributed by atoms with Gasteiger partial charge in [0.1, 0.15) is 11.3 Å². The monoisotopic (exact) mass is 464 g/mol. The zero-order valence-electron chi connectivity index (χ0n) is 19.0. The number of nitro benzene ring substituents is 1. The van der Waals surface area contributed by atoms with Crippen LogP contribution in [-0.2, 0) is 11.3 Å². The van der Waals surface area contributed by atoms with Crippen molar-refractivity contribution in [1.29, 1.82) is 0 Å². The summed E-state index contributed by atoms with van der Waals surface area (Å²) in [6, 6.07) is 10.3. The van der Waals surface area contributed by atoms with E-state index < -0.39 is 4.92 Å². The fourth-order valence-corrected chi connectivity index (χ4v) is 4.94. The Balaban J connectivity index is 1.24. The van der Waals surface area contributed by atoms with Crippen molar-refractivity contribution >= 4 is 22.6 Å². The first-order valence-corrected chi connectivity index (χ1v) is 11.8. The summed E-state index contributed by atoms with van der Waals surface area (Å²) in [4.78, 5) is 30.1. The molecule has 1 amide bonds. The van der Waals surface area contributed by atoms with Gasteiger partial charge in [0.25, 0.3) is 11.6 Å². The Labute approximate surface area is 197 Å². The number of nitrogens with zero attached hydrogens (tertiary/aromatic N) is 4. The lowest BCUT2D eigenvalue weighted by Gasteiger charge is -2.29. The molecule has 9 nitrogen and oxygen atoms in total. The van der Waals surface area contributed by atoms with Crippen molar-refractivity contribution in [2.24, 2.45) is 5.92 Å². The molecule has 0 atom stereocenters. The number of ether oxygens (including phenoxy) is 2. The zero-order chi connectivity index (χ0) is 23.5. The Bertz CT molecular complexity index is 1180. The van der Waals surface area contributed by atoms with E-state index in [1.54, 1.807) is 18.3 Å². The molecular weight excluding hydrogens is 436 g/mol. The number of rotatable bonds is 6. The van der Waals surface area contributed by atoms with Gasteiger partial charge in [-0.25, -0.2) is 0 Å². The molecule has 2 aromatic heterocycles. The van der Waals surface area contributed by atoms with Gasteiger partial charge in [-0.3, -0.25) is 19.9 Å². The molecule has 9 heteroatoms. The Morgan fingerprint density at radius 2 is 1.94 bits per heavy atom. The Morgan fingerprint density at radius 1 is 1.15 bits per heavy atom. The maximum atomic E-state index is 13.2. The topological polar surface area (TPSA) is 99.7 Å². The second kappa shape index (κ2) is 9.80. The SMILES string of the molecule is O=C(c1cn(CC2CCC(Oc3cccc([N+](=O)[O-])c3)CC2)c2cccnc12)N1CCOCC1. The molecule has 178 valence electrons. The number of benzene rings is 1. The third-order valence-corrected chi connectivity index (χ3v) is 6.74. The molecule has 1 saturated carbocycles. The van der Waals surface area contributed by atoms with E-state index in [2.05, 4.69) is 9.55 Å². The predicted molar refractivity (Wildman–Crippen MR) is 126 cm³/mol. The summed E-state index contributed by atoms with van der Waals surface area (Å²) in [6.07, 6.45) is 7.52. The van der Waals surface area contributed by atoms with E-state index in [1.807, 2.05) is 23.2 Å². The van der Waals surface area contributed by atoms with Crippen LogP contribution >= 0.6 is 0 Å². The molecule has 5 rings (SSSR count). The molecule has 2 aliphatic rings. The average molecular weight is 465 g/mol. The fraction of sp³-hybridized carbons (Fsp3) is 0.440. The molecule has 2 fully saturated rings. The second-order valence-corrected chi connectivity index (χ2v) is 8.99. The number of carbonyl (C=O) groups is 1. The minimum absolute atomic E-state index is 0.0137. The smallest absolute Gasteiger partial charge is 0.273 e. The van der Waals surface area contributed by atoms with Crippen LogP contribution in [0.2, 0.25) is 0 Å². The summed E-state index contributed by atoms with van der Waals surface area (Å²) in [5.41, 5.74) is 2.43. The lowest BCUT2D eigenvalue weighted by atomic mass is 9.87. The molecule has 1 aliphatic heterocycles. The molecule has 0 unspecified atom stereocenters. The molecular formula is C25H28N4O5. The van der Waals surface area contributed by atoms with E-state index in [0.29, 0.717) is 43.5 Å². The summed E-state index contributed by atoms with van der Waals surface area (Å²) >= 11 is 0. The summed E-state index contributed by atoms with van der Waals surface area (Å²) < 4.78 is 13.6. The first-order chi connectivity index (χ1) is 16.6. The van der Waals surface area contributed by atoms with Crippen molar-refractivity contribution in [2.45, 2.75) is 38.3 Å². The number of morpholine rings is 1. The highest BCUT2D eigenvalue weighted by Crippen LogP contribution is 2.31. The second-order valence-electron chi connectivity index (χ2n) is 8.99. The molecule has 3 aromatic rings. The van der Waals surface area contributed by atoms with Crippen molar-refractivity contribution in [3.05, 3.63) is 64.5 Å². The first kappa shape index (κ1) is 22.3. The van der Waals surface area contributed by atoms with Gasteiger partial charge in [-0.1, -0.05) is 6.07 Å². The lowest BCUT2D eigenvalue weighted by molar-refractivity contribution is -0.385. The lowest BCUT2D eigenvalue weighted by Crippen LogP contribution is -2.40. The number of carbonyl (C=O) groups excluding carboxylic acids is 1. The van der Waals surface area contributed by atoms with Gasteiger partial charge in [0, 0.05) is 38.1 Å². The van der Waals surface area contributed by atoms with Crippen molar-refractivity contribution < 1.29 is 19.2 Å². The number of fused-ring (bicyclic) bond motifs is 1. The fourth-order valence-electron chi connectivity index (χ4n) is 4.94. The van der Waals surface area contributed by atoms with E-state index in [1.165, 1.54) is 12.1 Å². The van der Waals surface area contributed by atoms with Gasteiger partial charge in [0.05, 0.1) is 41.4 Å². The van der Waals surface area contributed by atoms with E-state index in [0.717, 1.165) is 43.3 Å². The van der Waals surface area contributed by atoms with Crippen molar-refractivity contribution in [3.63, 3.8) is 0 Å². The van der Waals surface area contributed by atoms with Crippen LogP contribution in [0.4, 0.5) is 5.69 Å². The normalized spacial score (nSPS) is 20.9. The van der Waals surface area contributed by atoms with Crippen molar-refractivity contribution in [1.82, 2.24) is 14.5 Å². The summed E-state index contributed by atoms with van der Waals surface area (Å²) in [6.45, 7) is 3.17. The predicted octanol–water partition coefficient (Wildman–Crippen LogP) is 4.05. The van der Waals surface area contributed by atoms with Crippen LogP contribution in [0.25, 0.3) is 11.0 Å². The van der Waals surface area contributed by atoms with Crippen molar-refractivity contribution in [3.8, 4) is 5.75 Å². The quantitative estimate of drug-likeness (QED) is 0.403. The maximum Gasteiger partial charge on any atom is 0.273 e. The first-order valence-electron chi connectivity index (χ1n) is 11.8. The van der Waals surface area contributed by atoms with E-state index in [-0.39, 0.29) is 17.7 Å². The largest absolute Gasteiger partial charge is 0.490 e. The summed E-state index contributed by atoms with van der Waals surface area (Å²) in [5.74, 6) is 1.03. The number of amides is 1. The number of non-ortho nitro benzene ring substituents is 1. The van der Waals surface area contributed by atoms with Crippen LogP contribution < -0.4 is 4.74 Å². The van der Waals surface area contributed by atoms with Crippen LogP contribution in [-0.4, -0.2) is 57.7 Å². The molecule has 0 bridgehead atoms. The van der Waals surface area contributed by atoms with E-state index >= 15 is 0 Å². The molecule has 34 heavy (non-hydrogen) atoms. The van der Waals surface area contributed by atoms with Crippen LogP contribution in [0.3, 0.4) is 0 Å². The average Bonchev–Trinajstić information content (AvgIpc) is 3.24. The summed E-state index contributed by atoms with van der Waals surface area (Å²) in [5, 5.41) is 11.0. The number of hydrogen-bond acceptors (Lipinski definition) is 6. The molecule has 1 aliphatic carbocycles. The van der Waals surface area contributed by atoms with Crippen LogP contribution in [0.5, 0.6) is 5.75 Å². The maximum absolute atomic E-state index is 13.2. The Hall–Kier alpha value is -3.46.